The first-order valence-corrected chi connectivity index (χ1v) is 5.86. The molecule has 4 heteroatoms. The quantitative estimate of drug-likeness (QED) is 0.892. The van der Waals surface area contributed by atoms with Gasteiger partial charge in [-0.1, -0.05) is 24.3 Å². The predicted octanol–water partition coefficient (Wildman–Crippen LogP) is 2.20. The molecule has 2 aromatic rings. The van der Waals surface area contributed by atoms with E-state index in [9.17, 15) is 4.79 Å². The molecule has 0 aliphatic carbocycles. The molecule has 0 spiro atoms. The van der Waals surface area contributed by atoms with Gasteiger partial charge >= 0.3 is 0 Å². The van der Waals surface area contributed by atoms with Crippen molar-refractivity contribution in [2.75, 3.05) is 11.4 Å². The van der Waals surface area contributed by atoms with Gasteiger partial charge in [0.1, 0.15) is 0 Å². The number of amides is 1. The van der Waals surface area contributed by atoms with Crippen LogP contribution in [0.5, 0.6) is 0 Å². The molecule has 4 nitrogen and oxygen atoms in total. The number of carbonyl (C=O) groups excluding carboxylic acids is 1. The van der Waals surface area contributed by atoms with Gasteiger partial charge in [0.15, 0.2) is 0 Å². The van der Waals surface area contributed by atoms with Crippen LogP contribution < -0.4 is 10.6 Å². The number of nitrogens with two attached hydrogens (primary N) is 1. The highest BCUT2D eigenvalue weighted by Crippen LogP contribution is 2.36. The van der Waals surface area contributed by atoms with Crippen molar-refractivity contribution in [2.45, 2.75) is 6.42 Å². The maximum atomic E-state index is 10.9. The second kappa shape index (κ2) is 4.14. The molecule has 1 aliphatic rings. The van der Waals surface area contributed by atoms with Gasteiger partial charge in [0, 0.05) is 18.4 Å². The molecular formula is C14H13N3O. The summed E-state index contributed by atoms with van der Waals surface area (Å²) in [5.41, 5.74) is 7.24. The summed E-state index contributed by atoms with van der Waals surface area (Å²) in [4.78, 5) is 17.3. The highest BCUT2D eigenvalue weighted by Gasteiger charge is 2.15. The number of carbonyl (C=O) groups is 1. The van der Waals surface area contributed by atoms with Crippen molar-refractivity contribution >= 4 is 34.4 Å². The SMILES string of the molecule is NC(=O)CCN1C=Nc2cccc3cccc1c23. The molecule has 2 N–H and O–H groups in total. The summed E-state index contributed by atoms with van der Waals surface area (Å²) in [6.45, 7) is 0.562. The molecule has 0 unspecified atom stereocenters. The standard InChI is InChI=1S/C14H13N3O/c15-13(18)7-8-17-9-16-11-5-1-3-10-4-2-6-12(17)14(10)11/h1-6,9H,7-8H2,(H2,15,18). The largest absolute Gasteiger partial charge is 0.370 e. The van der Waals surface area contributed by atoms with E-state index >= 15 is 0 Å². The third-order valence-corrected chi connectivity index (χ3v) is 3.11. The number of nitrogens with zero attached hydrogens (tertiary/aromatic N) is 2. The van der Waals surface area contributed by atoms with Crippen molar-refractivity contribution in [1.82, 2.24) is 0 Å². The van der Waals surface area contributed by atoms with Gasteiger partial charge in [0.05, 0.1) is 17.7 Å². The fourth-order valence-electron chi connectivity index (χ4n) is 2.25. The van der Waals surface area contributed by atoms with E-state index in [4.69, 9.17) is 5.73 Å². The second-order valence-electron chi connectivity index (χ2n) is 4.31. The van der Waals surface area contributed by atoms with E-state index in [1.807, 2.05) is 29.2 Å². The minimum absolute atomic E-state index is 0.297. The number of primary amides is 1. The topological polar surface area (TPSA) is 58.7 Å². The first kappa shape index (κ1) is 10.8. The summed E-state index contributed by atoms with van der Waals surface area (Å²) >= 11 is 0. The van der Waals surface area contributed by atoms with Crippen LogP contribution in [-0.4, -0.2) is 18.8 Å². The highest BCUT2D eigenvalue weighted by molar-refractivity contribution is 6.09. The van der Waals surface area contributed by atoms with E-state index in [-0.39, 0.29) is 5.91 Å². The van der Waals surface area contributed by atoms with Crippen LogP contribution in [0.4, 0.5) is 11.4 Å². The van der Waals surface area contributed by atoms with Crippen molar-refractivity contribution in [2.24, 2.45) is 10.7 Å². The molecule has 0 bridgehead atoms. The number of hydrogen-bond donors (Lipinski definition) is 1. The highest BCUT2D eigenvalue weighted by atomic mass is 16.1. The van der Waals surface area contributed by atoms with Crippen LogP contribution in [0.1, 0.15) is 6.42 Å². The van der Waals surface area contributed by atoms with Crippen LogP contribution in [0, 0.1) is 0 Å². The maximum absolute atomic E-state index is 10.9. The third-order valence-electron chi connectivity index (χ3n) is 3.11. The number of rotatable bonds is 3. The maximum Gasteiger partial charge on any atom is 0.219 e. The van der Waals surface area contributed by atoms with Crippen LogP contribution in [0.2, 0.25) is 0 Å². The van der Waals surface area contributed by atoms with Gasteiger partial charge in [0.2, 0.25) is 5.91 Å². The van der Waals surface area contributed by atoms with Crippen LogP contribution in [-0.2, 0) is 4.79 Å². The van der Waals surface area contributed by atoms with Gasteiger partial charge < -0.3 is 10.6 Å². The lowest BCUT2D eigenvalue weighted by Crippen LogP contribution is -2.27. The van der Waals surface area contributed by atoms with Crippen LogP contribution >= 0.6 is 0 Å². The van der Waals surface area contributed by atoms with Gasteiger partial charge in [-0.25, -0.2) is 4.99 Å². The van der Waals surface area contributed by atoms with E-state index in [1.165, 1.54) is 0 Å². The Labute approximate surface area is 105 Å². The van der Waals surface area contributed by atoms with Crippen molar-refractivity contribution in [3.05, 3.63) is 36.4 Å². The average molecular weight is 239 g/mol. The fraction of sp³-hybridized carbons (Fsp3) is 0.143. The van der Waals surface area contributed by atoms with E-state index in [0.29, 0.717) is 13.0 Å². The molecular weight excluding hydrogens is 226 g/mol. The molecule has 1 amide bonds. The van der Waals surface area contributed by atoms with Crippen molar-refractivity contribution in [3.8, 4) is 0 Å². The Kier molecular flexibility index (Phi) is 2.48. The van der Waals surface area contributed by atoms with Gasteiger partial charge in [-0.2, -0.15) is 0 Å². The first-order chi connectivity index (χ1) is 8.75. The summed E-state index contributed by atoms with van der Waals surface area (Å²) in [6, 6.07) is 12.2. The summed E-state index contributed by atoms with van der Waals surface area (Å²) in [7, 11) is 0. The molecule has 18 heavy (non-hydrogen) atoms. The van der Waals surface area contributed by atoms with Crippen molar-refractivity contribution in [3.63, 3.8) is 0 Å². The molecule has 1 heterocycles. The number of anilines is 1. The molecule has 2 aromatic carbocycles. The zero-order chi connectivity index (χ0) is 12.5. The molecule has 90 valence electrons. The van der Waals surface area contributed by atoms with Gasteiger partial charge in [-0.05, 0) is 17.5 Å². The van der Waals surface area contributed by atoms with Crippen LogP contribution in [0.25, 0.3) is 10.8 Å². The molecule has 0 fully saturated rings. The Hall–Kier alpha value is -2.36. The molecule has 1 aliphatic heterocycles. The summed E-state index contributed by atoms with van der Waals surface area (Å²) in [5, 5.41) is 2.29. The Morgan fingerprint density at radius 3 is 2.78 bits per heavy atom. The molecule has 0 aromatic heterocycles. The molecule has 0 saturated carbocycles. The normalized spacial score (nSPS) is 13.0. The molecule has 0 atom stereocenters. The zero-order valence-corrected chi connectivity index (χ0v) is 9.84. The van der Waals surface area contributed by atoms with Gasteiger partial charge in [0.25, 0.3) is 0 Å². The monoisotopic (exact) mass is 239 g/mol. The Balaban J connectivity index is 2.07. The summed E-state index contributed by atoms with van der Waals surface area (Å²) < 4.78 is 0. The minimum atomic E-state index is -0.297. The van der Waals surface area contributed by atoms with E-state index in [2.05, 4.69) is 17.1 Å². The van der Waals surface area contributed by atoms with Gasteiger partial charge in [-0.15, -0.1) is 0 Å². The van der Waals surface area contributed by atoms with E-state index < -0.39 is 0 Å². The number of hydrogen-bond acceptors (Lipinski definition) is 3. The first-order valence-electron chi connectivity index (χ1n) is 5.86. The predicted molar refractivity (Wildman–Crippen MR) is 73.3 cm³/mol. The summed E-state index contributed by atoms with van der Waals surface area (Å²) in [5.74, 6) is -0.297. The van der Waals surface area contributed by atoms with Crippen LogP contribution in [0.3, 0.4) is 0 Å². The van der Waals surface area contributed by atoms with Crippen molar-refractivity contribution < 1.29 is 4.79 Å². The smallest absolute Gasteiger partial charge is 0.219 e. The number of benzene rings is 2. The zero-order valence-electron chi connectivity index (χ0n) is 9.84. The van der Waals surface area contributed by atoms with E-state index in [1.54, 1.807) is 6.34 Å². The van der Waals surface area contributed by atoms with Crippen LogP contribution in [0.15, 0.2) is 41.4 Å². The Morgan fingerprint density at radius 1 is 1.22 bits per heavy atom. The third kappa shape index (κ3) is 1.72. The van der Waals surface area contributed by atoms with Gasteiger partial charge in [-0.3, -0.25) is 4.79 Å². The fourth-order valence-corrected chi connectivity index (χ4v) is 2.25. The lowest BCUT2D eigenvalue weighted by molar-refractivity contribution is -0.117. The second-order valence-corrected chi connectivity index (χ2v) is 4.31. The number of aliphatic imine (C=N–C) groups is 1. The Bertz CT molecular complexity index is 643. The lowest BCUT2D eigenvalue weighted by atomic mass is 10.1. The van der Waals surface area contributed by atoms with E-state index in [0.717, 1.165) is 22.1 Å². The average Bonchev–Trinajstić information content (AvgIpc) is 2.38. The lowest BCUT2D eigenvalue weighted by Gasteiger charge is -2.24. The molecule has 0 saturated heterocycles. The molecule has 3 rings (SSSR count). The molecule has 0 radical (unpaired) electrons. The van der Waals surface area contributed by atoms with Crippen molar-refractivity contribution in [1.29, 1.82) is 0 Å². The minimum Gasteiger partial charge on any atom is -0.370 e. The summed E-state index contributed by atoms with van der Waals surface area (Å²) in [6.07, 6.45) is 2.09. The Morgan fingerprint density at radius 2 is 2.00 bits per heavy atom.